The maximum Gasteiger partial charge on any atom is 0.0318 e. The Bertz CT molecular complexity index is 328. The smallest absolute Gasteiger partial charge is 0.0318 e. The zero-order chi connectivity index (χ0) is 12.2. The highest BCUT2D eigenvalue weighted by atomic mass is 79.9. The first-order chi connectivity index (χ1) is 7.42. The average molecular weight is 284 g/mol. The van der Waals surface area contributed by atoms with Gasteiger partial charge in [0.2, 0.25) is 0 Å². The van der Waals surface area contributed by atoms with Crippen LogP contribution in [0, 0.1) is 5.41 Å². The molecule has 90 valence electrons. The second kappa shape index (κ2) is 5.83. The first kappa shape index (κ1) is 13.7. The Balaban J connectivity index is 2.68. The Morgan fingerprint density at radius 3 is 2.50 bits per heavy atom. The fraction of sp³-hybridized carbons (Fsp3) is 0.571. The Labute approximate surface area is 108 Å². The van der Waals surface area contributed by atoms with Crippen LogP contribution in [0.1, 0.15) is 45.7 Å². The van der Waals surface area contributed by atoms with Crippen LogP contribution >= 0.6 is 15.9 Å². The van der Waals surface area contributed by atoms with Crippen LogP contribution < -0.4 is 5.32 Å². The summed E-state index contributed by atoms with van der Waals surface area (Å²) >= 11 is 3.52. The van der Waals surface area contributed by atoms with E-state index in [1.54, 1.807) is 0 Å². The molecule has 0 amide bonds. The quantitative estimate of drug-likeness (QED) is 0.856. The summed E-state index contributed by atoms with van der Waals surface area (Å²) < 4.78 is 1.15. The third-order valence-electron chi connectivity index (χ3n) is 2.54. The standard InChI is InChI=1S/C14H22BrN/c1-5-13(16-10-14(2,3)4)11-7-6-8-12(15)9-11/h6-9,13,16H,5,10H2,1-4H3. The summed E-state index contributed by atoms with van der Waals surface area (Å²) in [5, 5.41) is 3.63. The van der Waals surface area contributed by atoms with Crippen molar-refractivity contribution in [3.05, 3.63) is 34.3 Å². The van der Waals surface area contributed by atoms with Crippen LogP contribution in [-0.2, 0) is 0 Å². The van der Waals surface area contributed by atoms with Crippen LogP contribution in [0.4, 0.5) is 0 Å². The van der Waals surface area contributed by atoms with Crippen molar-refractivity contribution in [3.8, 4) is 0 Å². The number of rotatable bonds is 4. The van der Waals surface area contributed by atoms with Gasteiger partial charge in [0, 0.05) is 17.1 Å². The number of hydrogen-bond acceptors (Lipinski definition) is 1. The third-order valence-corrected chi connectivity index (χ3v) is 3.03. The van der Waals surface area contributed by atoms with Gasteiger partial charge in [0.15, 0.2) is 0 Å². The predicted molar refractivity (Wildman–Crippen MR) is 74.6 cm³/mol. The molecule has 1 nitrogen and oxygen atoms in total. The van der Waals surface area contributed by atoms with Crippen molar-refractivity contribution in [2.24, 2.45) is 5.41 Å². The maximum atomic E-state index is 3.63. The molecule has 1 aromatic rings. The maximum absolute atomic E-state index is 3.63. The van der Waals surface area contributed by atoms with E-state index < -0.39 is 0 Å². The van der Waals surface area contributed by atoms with Gasteiger partial charge >= 0.3 is 0 Å². The number of hydrogen-bond donors (Lipinski definition) is 1. The van der Waals surface area contributed by atoms with Gasteiger partial charge in [0.1, 0.15) is 0 Å². The largest absolute Gasteiger partial charge is 0.309 e. The summed E-state index contributed by atoms with van der Waals surface area (Å²) in [7, 11) is 0. The fourth-order valence-electron chi connectivity index (χ4n) is 1.65. The number of benzene rings is 1. The Morgan fingerprint density at radius 1 is 1.31 bits per heavy atom. The topological polar surface area (TPSA) is 12.0 Å². The minimum atomic E-state index is 0.333. The lowest BCUT2D eigenvalue weighted by molar-refractivity contribution is 0.349. The molecule has 1 atom stereocenters. The Hall–Kier alpha value is -0.340. The first-order valence-corrected chi connectivity index (χ1v) is 6.70. The molecule has 0 saturated heterocycles. The Kier molecular flexibility index (Phi) is 5.00. The van der Waals surface area contributed by atoms with Gasteiger partial charge in [-0.1, -0.05) is 55.8 Å². The SMILES string of the molecule is CCC(NCC(C)(C)C)c1cccc(Br)c1. The molecule has 16 heavy (non-hydrogen) atoms. The highest BCUT2D eigenvalue weighted by Crippen LogP contribution is 2.22. The molecule has 0 aliphatic carbocycles. The van der Waals surface area contributed by atoms with Crippen molar-refractivity contribution >= 4 is 15.9 Å². The van der Waals surface area contributed by atoms with Gasteiger partial charge in [0.25, 0.3) is 0 Å². The molecule has 2 heteroatoms. The normalized spacial score (nSPS) is 13.8. The summed E-state index contributed by atoms with van der Waals surface area (Å²) in [6, 6.07) is 9.01. The highest BCUT2D eigenvalue weighted by Gasteiger charge is 2.14. The molecule has 0 spiro atoms. The number of halogens is 1. The summed E-state index contributed by atoms with van der Waals surface area (Å²) in [6.07, 6.45) is 1.12. The van der Waals surface area contributed by atoms with Gasteiger partial charge in [0.05, 0.1) is 0 Å². The van der Waals surface area contributed by atoms with Crippen molar-refractivity contribution in [2.45, 2.75) is 40.2 Å². The highest BCUT2D eigenvalue weighted by molar-refractivity contribution is 9.10. The summed E-state index contributed by atoms with van der Waals surface area (Å²) in [5.41, 5.74) is 1.69. The number of nitrogens with one attached hydrogen (secondary N) is 1. The molecule has 0 aliphatic heterocycles. The summed E-state index contributed by atoms with van der Waals surface area (Å²) in [4.78, 5) is 0. The van der Waals surface area contributed by atoms with E-state index in [0.717, 1.165) is 17.4 Å². The molecule has 0 fully saturated rings. The second-order valence-electron chi connectivity index (χ2n) is 5.46. The van der Waals surface area contributed by atoms with Gasteiger partial charge in [-0.2, -0.15) is 0 Å². The predicted octanol–water partition coefficient (Wildman–Crippen LogP) is 4.54. The van der Waals surface area contributed by atoms with Gasteiger partial charge in [-0.15, -0.1) is 0 Å². The van der Waals surface area contributed by atoms with Crippen LogP contribution in [0.2, 0.25) is 0 Å². The molecule has 0 bridgehead atoms. The molecule has 1 rings (SSSR count). The zero-order valence-corrected chi connectivity index (χ0v) is 12.3. The van der Waals surface area contributed by atoms with E-state index >= 15 is 0 Å². The first-order valence-electron chi connectivity index (χ1n) is 5.91. The van der Waals surface area contributed by atoms with E-state index in [1.807, 2.05) is 0 Å². The van der Waals surface area contributed by atoms with E-state index in [4.69, 9.17) is 0 Å². The third kappa shape index (κ3) is 4.67. The second-order valence-corrected chi connectivity index (χ2v) is 6.37. The van der Waals surface area contributed by atoms with Crippen LogP contribution in [0.5, 0.6) is 0 Å². The van der Waals surface area contributed by atoms with Gasteiger partial charge < -0.3 is 5.32 Å². The van der Waals surface area contributed by atoms with Crippen molar-refractivity contribution in [1.82, 2.24) is 5.32 Å². The lowest BCUT2D eigenvalue weighted by atomic mass is 9.95. The van der Waals surface area contributed by atoms with E-state index in [1.165, 1.54) is 5.56 Å². The molecular formula is C14H22BrN. The lowest BCUT2D eigenvalue weighted by Gasteiger charge is -2.24. The molecule has 1 unspecified atom stereocenters. The van der Waals surface area contributed by atoms with Gasteiger partial charge in [-0.05, 0) is 29.5 Å². The monoisotopic (exact) mass is 283 g/mol. The van der Waals surface area contributed by atoms with Gasteiger partial charge in [-0.25, -0.2) is 0 Å². The van der Waals surface area contributed by atoms with Crippen LogP contribution in [0.3, 0.4) is 0 Å². The molecule has 1 aromatic carbocycles. The Morgan fingerprint density at radius 2 is 2.00 bits per heavy atom. The van der Waals surface area contributed by atoms with Crippen LogP contribution in [-0.4, -0.2) is 6.54 Å². The van der Waals surface area contributed by atoms with E-state index in [-0.39, 0.29) is 0 Å². The van der Waals surface area contributed by atoms with Gasteiger partial charge in [-0.3, -0.25) is 0 Å². The summed E-state index contributed by atoms with van der Waals surface area (Å²) in [5.74, 6) is 0. The molecular weight excluding hydrogens is 262 g/mol. The minimum absolute atomic E-state index is 0.333. The molecule has 0 radical (unpaired) electrons. The molecule has 1 N–H and O–H groups in total. The lowest BCUT2D eigenvalue weighted by Crippen LogP contribution is -2.30. The van der Waals surface area contributed by atoms with Crippen molar-refractivity contribution < 1.29 is 0 Å². The van der Waals surface area contributed by atoms with Crippen LogP contribution in [0.15, 0.2) is 28.7 Å². The van der Waals surface area contributed by atoms with Crippen molar-refractivity contribution in [2.75, 3.05) is 6.54 Å². The van der Waals surface area contributed by atoms with E-state index in [2.05, 4.69) is 73.2 Å². The van der Waals surface area contributed by atoms with Crippen LogP contribution in [0.25, 0.3) is 0 Å². The molecule has 0 heterocycles. The zero-order valence-electron chi connectivity index (χ0n) is 10.7. The molecule has 0 aromatic heterocycles. The van der Waals surface area contributed by atoms with Crippen molar-refractivity contribution in [1.29, 1.82) is 0 Å². The minimum Gasteiger partial charge on any atom is -0.309 e. The van der Waals surface area contributed by atoms with Crippen molar-refractivity contribution in [3.63, 3.8) is 0 Å². The van der Waals surface area contributed by atoms with E-state index in [9.17, 15) is 0 Å². The molecule has 0 aliphatic rings. The average Bonchev–Trinajstić information content (AvgIpc) is 2.17. The fourth-order valence-corrected chi connectivity index (χ4v) is 2.07. The van der Waals surface area contributed by atoms with E-state index in [0.29, 0.717) is 11.5 Å². The summed E-state index contributed by atoms with van der Waals surface area (Å²) in [6.45, 7) is 10.0. The molecule has 0 saturated carbocycles.